The first-order chi connectivity index (χ1) is 14.8. The number of fused-ring (bicyclic) bond motifs is 2. The number of nitrogens with zero attached hydrogens (tertiary/aromatic N) is 5. The van der Waals surface area contributed by atoms with Gasteiger partial charge >= 0.3 is 11.9 Å². The van der Waals surface area contributed by atoms with Crippen molar-refractivity contribution in [3.8, 4) is 0 Å². The Kier molecular flexibility index (Phi) is 6.94. The number of hydrogen-bond acceptors (Lipinski definition) is 10. The van der Waals surface area contributed by atoms with Gasteiger partial charge in [-0.25, -0.2) is 4.98 Å². The third-order valence-corrected chi connectivity index (χ3v) is 5.84. The SMILES string of the molecule is CCN1C=NC2C(=O)n3c(nc(C)c3CCC(CC(=O)OC)NCC(=O)OC)N(C)C21. The molecule has 3 rings (SSSR count). The van der Waals surface area contributed by atoms with Gasteiger partial charge in [-0.05, 0) is 26.7 Å². The topological polar surface area (TPSA) is 118 Å². The first kappa shape index (κ1) is 22.7. The summed E-state index contributed by atoms with van der Waals surface area (Å²) in [5.41, 5.74) is 1.54. The zero-order chi connectivity index (χ0) is 22.7. The summed E-state index contributed by atoms with van der Waals surface area (Å²) in [6.07, 6.45) is 2.65. The Balaban J connectivity index is 1.80. The molecule has 2 aliphatic rings. The molecule has 3 atom stereocenters. The number of likely N-dealkylation sites (N-methyl/N-ethyl adjacent to an activating group) is 2. The van der Waals surface area contributed by atoms with Crippen LogP contribution in [0.3, 0.4) is 0 Å². The van der Waals surface area contributed by atoms with Crippen molar-refractivity contribution in [2.45, 2.75) is 51.4 Å². The van der Waals surface area contributed by atoms with Crippen molar-refractivity contribution >= 4 is 30.1 Å². The Hall–Kier alpha value is -2.95. The number of aliphatic imine (C=N–C) groups is 1. The third-order valence-electron chi connectivity index (χ3n) is 5.84. The summed E-state index contributed by atoms with van der Waals surface area (Å²) in [5, 5.41) is 3.04. The zero-order valence-corrected chi connectivity index (χ0v) is 18.6. The zero-order valence-electron chi connectivity index (χ0n) is 18.6. The Morgan fingerprint density at radius 2 is 1.97 bits per heavy atom. The summed E-state index contributed by atoms with van der Waals surface area (Å²) in [5.74, 6) is -0.314. The number of anilines is 1. The number of rotatable bonds is 9. The van der Waals surface area contributed by atoms with E-state index in [2.05, 4.69) is 20.0 Å². The summed E-state index contributed by atoms with van der Waals surface area (Å²) < 4.78 is 11.1. The molecule has 1 aromatic rings. The quantitative estimate of drug-likeness (QED) is 0.534. The molecule has 0 aliphatic carbocycles. The molecule has 1 N–H and O–H groups in total. The average Bonchev–Trinajstić information content (AvgIpc) is 3.35. The molecular weight excluding hydrogens is 404 g/mol. The van der Waals surface area contributed by atoms with Gasteiger partial charge in [0.05, 0.1) is 44.9 Å². The van der Waals surface area contributed by atoms with E-state index in [-0.39, 0.29) is 37.0 Å². The molecule has 0 spiro atoms. The van der Waals surface area contributed by atoms with Crippen LogP contribution >= 0.6 is 0 Å². The molecule has 0 saturated heterocycles. The van der Waals surface area contributed by atoms with E-state index in [9.17, 15) is 14.4 Å². The highest BCUT2D eigenvalue weighted by atomic mass is 16.5. The van der Waals surface area contributed by atoms with Crippen LogP contribution in [0.15, 0.2) is 4.99 Å². The van der Waals surface area contributed by atoms with E-state index in [0.717, 1.165) is 17.9 Å². The largest absolute Gasteiger partial charge is 0.469 e. The summed E-state index contributed by atoms with van der Waals surface area (Å²) in [4.78, 5) is 49.7. The first-order valence-electron chi connectivity index (χ1n) is 10.3. The molecule has 3 unspecified atom stereocenters. The van der Waals surface area contributed by atoms with Crippen LogP contribution in [0.25, 0.3) is 0 Å². The van der Waals surface area contributed by atoms with Crippen LogP contribution in [0, 0.1) is 6.92 Å². The number of carbonyl (C=O) groups excluding carboxylic acids is 3. The molecule has 1 aromatic heterocycles. The molecule has 0 bridgehead atoms. The third kappa shape index (κ3) is 4.41. The van der Waals surface area contributed by atoms with Gasteiger partial charge in [0.1, 0.15) is 6.17 Å². The molecule has 0 radical (unpaired) electrons. The molecule has 0 amide bonds. The summed E-state index contributed by atoms with van der Waals surface area (Å²) in [7, 11) is 4.55. The van der Waals surface area contributed by atoms with Gasteiger partial charge in [-0.2, -0.15) is 0 Å². The van der Waals surface area contributed by atoms with Crippen LogP contribution < -0.4 is 10.2 Å². The Bertz CT molecular complexity index is 882. The van der Waals surface area contributed by atoms with Gasteiger partial charge in [0.25, 0.3) is 5.91 Å². The number of methoxy groups -OCH3 is 2. The van der Waals surface area contributed by atoms with E-state index in [1.165, 1.54) is 14.2 Å². The normalized spacial score (nSPS) is 20.5. The number of esters is 2. The maximum atomic E-state index is 13.3. The van der Waals surface area contributed by atoms with Crippen molar-refractivity contribution in [1.29, 1.82) is 0 Å². The highest BCUT2D eigenvalue weighted by Crippen LogP contribution is 2.32. The smallest absolute Gasteiger partial charge is 0.319 e. The molecule has 0 aromatic carbocycles. The molecule has 170 valence electrons. The van der Waals surface area contributed by atoms with Crippen molar-refractivity contribution in [1.82, 2.24) is 19.8 Å². The van der Waals surface area contributed by atoms with E-state index in [1.807, 2.05) is 30.7 Å². The Labute approximate surface area is 181 Å². The fourth-order valence-electron chi connectivity index (χ4n) is 4.11. The molecule has 0 fully saturated rings. The van der Waals surface area contributed by atoms with Crippen molar-refractivity contribution in [3.05, 3.63) is 11.4 Å². The van der Waals surface area contributed by atoms with E-state index in [0.29, 0.717) is 18.8 Å². The molecule has 3 heterocycles. The monoisotopic (exact) mass is 434 g/mol. The van der Waals surface area contributed by atoms with E-state index >= 15 is 0 Å². The molecule has 0 saturated carbocycles. The molecule has 11 nitrogen and oxygen atoms in total. The van der Waals surface area contributed by atoms with Crippen molar-refractivity contribution in [3.63, 3.8) is 0 Å². The number of carbonyl (C=O) groups is 3. The van der Waals surface area contributed by atoms with Crippen molar-refractivity contribution < 1.29 is 23.9 Å². The van der Waals surface area contributed by atoms with Gasteiger partial charge in [-0.15, -0.1) is 0 Å². The van der Waals surface area contributed by atoms with Gasteiger partial charge in [0.15, 0.2) is 6.04 Å². The maximum Gasteiger partial charge on any atom is 0.319 e. The first-order valence-corrected chi connectivity index (χ1v) is 10.3. The van der Waals surface area contributed by atoms with E-state index < -0.39 is 12.0 Å². The second kappa shape index (κ2) is 9.46. The Morgan fingerprint density at radius 3 is 2.61 bits per heavy atom. The average molecular weight is 434 g/mol. The second-order valence-corrected chi connectivity index (χ2v) is 7.65. The maximum absolute atomic E-state index is 13.3. The number of aryl methyl sites for hydroxylation is 1. The highest BCUT2D eigenvalue weighted by molar-refractivity contribution is 5.93. The van der Waals surface area contributed by atoms with Crippen LogP contribution in [0.4, 0.5) is 5.95 Å². The minimum absolute atomic E-state index is 0.0192. The fourth-order valence-corrected chi connectivity index (χ4v) is 4.11. The van der Waals surface area contributed by atoms with E-state index in [4.69, 9.17) is 4.74 Å². The lowest BCUT2D eigenvalue weighted by Crippen LogP contribution is -2.56. The fraction of sp³-hybridized carbons (Fsp3) is 0.650. The van der Waals surface area contributed by atoms with Crippen molar-refractivity contribution in [2.75, 3.05) is 39.3 Å². The van der Waals surface area contributed by atoms with Crippen LogP contribution in [0.5, 0.6) is 0 Å². The summed E-state index contributed by atoms with van der Waals surface area (Å²) in [6, 6.07) is -0.825. The number of ether oxygens (including phenoxy) is 2. The van der Waals surface area contributed by atoms with Crippen molar-refractivity contribution in [2.24, 2.45) is 4.99 Å². The number of imidazole rings is 1. The molecule has 11 heteroatoms. The minimum atomic E-state index is -0.506. The lowest BCUT2D eigenvalue weighted by molar-refractivity contribution is -0.143. The van der Waals surface area contributed by atoms with Gasteiger partial charge in [0.2, 0.25) is 5.95 Å². The minimum Gasteiger partial charge on any atom is -0.469 e. The van der Waals surface area contributed by atoms with Crippen LogP contribution in [0.1, 0.15) is 35.9 Å². The number of hydrogen-bond donors (Lipinski definition) is 1. The number of nitrogens with one attached hydrogen (secondary N) is 1. The van der Waals surface area contributed by atoms with E-state index in [1.54, 1.807) is 10.9 Å². The van der Waals surface area contributed by atoms with Gasteiger partial charge < -0.3 is 24.6 Å². The van der Waals surface area contributed by atoms with Crippen LogP contribution in [0.2, 0.25) is 0 Å². The second-order valence-electron chi connectivity index (χ2n) is 7.65. The lowest BCUT2D eigenvalue weighted by Gasteiger charge is -2.38. The predicted octanol–water partition coefficient (Wildman–Crippen LogP) is -0.0331. The Morgan fingerprint density at radius 1 is 1.26 bits per heavy atom. The number of aromatic nitrogens is 2. The molecule has 31 heavy (non-hydrogen) atoms. The standard InChI is InChI=1S/C20H30N6O5/c1-6-25-11-22-17-18(25)24(3)20-23-12(2)14(26(20)19(17)29)8-7-13(9-15(27)30-4)21-10-16(28)31-5/h11,13,17-18,21H,6-10H2,1-5H3. The molecule has 2 aliphatic heterocycles. The predicted molar refractivity (Wildman–Crippen MR) is 113 cm³/mol. The molecular formula is C20H30N6O5. The highest BCUT2D eigenvalue weighted by Gasteiger charge is 2.46. The van der Waals surface area contributed by atoms with Gasteiger partial charge in [0, 0.05) is 19.6 Å². The van der Waals surface area contributed by atoms with Gasteiger partial charge in [-0.1, -0.05) is 0 Å². The lowest BCUT2D eigenvalue weighted by atomic mass is 10.0. The van der Waals surface area contributed by atoms with Crippen LogP contribution in [-0.2, 0) is 25.5 Å². The van der Waals surface area contributed by atoms with Crippen LogP contribution in [-0.4, -0.2) is 91.2 Å². The van der Waals surface area contributed by atoms with Gasteiger partial charge in [-0.3, -0.25) is 23.9 Å². The summed E-state index contributed by atoms with van der Waals surface area (Å²) >= 11 is 0. The summed E-state index contributed by atoms with van der Waals surface area (Å²) in [6.45, 7) is 4.62.